The monoisotopic (exact) mass is 383 g/mol. The summed E-state index contributed by atoms with van der Waals surface area (Å²) in [5.74, 6) is 0.705. The molecule has 29 heavy (non-hydrogen) atoms. The SMILES string of the molecule is COC1=NC(c2c3c(cc4ccccc24)CCC=C3)NC(c2ccccc2O)=N1. The second-order valence-electron chi connectivity index (χ2n) is 7.17. The number of amidine groups is 2. The molecular formula is C24H21N3O2. The van der Waals surface area contributed by atoms with Gasteiger partial charge in [-0.15, -0.1) is 0 Å². The van der Waals surface area contributed by atoms with E-state index in [1.54, 1.807) is 19.2 Å². The van der Waals surface area contributed by atoms with E-state index in [4.69, 9.17) is 9.73 Å². The molecule has 5 rings (SSSR count). The van der Waals surface area contributed by atoms with Crippen molar-refractivity contribution in [1.29, 1.82) is 0 Å². The average molecular weight is 383 g/mol. The summed E-state index contributed by atoms with van der Waals surface area (Å²) in [5, 5.41) is 16.1. The second-order valence-corrected chi connectivity index (χ2v) is 7.17. The van der Waals surface area contributed by atoms with Gasteiger partial charge >= 0.3 is 6.02 Å². The van der Waals surface area contributed by atoms with E-state index in [2.05, 4.69) is 46.7 Å². The van der Waals surface area contributed by atoms with Crippen LogP contribution in [0.3, 0.4) is 0 Å². The fourth-order valence-corrected chi connectivity index (χ4v) is 4.07. The predicted molar refractivity (Wildman–Crippen MR) is 116 cm³/mol. The van der Waals surface area contributed by atoms with Gasteiger partial charge in [0.1, 0.15) is 11.6 Å². The summed E-state index contributed by atoms with van der Waals surface area (Å²) in [5.41, 5.74) is 4.24. The molecule has 0 fully saturated rings. The third-order valence-electron chi connectivity index (χ3n) is 5.42. The van der Waals surface area contributed by atoms with E-state index in [0.717, 1.165) is 23.8 Å². The second kappa shape index (κ2) is 7.09. The molecular weight excluding hydrogens is 362 g/mol. The number of para-hydroxylation sites is 1. The lowest BCUT2D eigenvalue weighted by Crippen LogP contribution is -2.34. The molecule has 0 aromatic heterocycles. The van der Waals surface area contributed by atoms with Gasteiger partial charge < -0.3 is 15.2 Å². The van der Waals surface area contributed by atoms with Crippen LogP contribution < -0.4 is 5.32 Å². The Morgan fingerprint density at radius 1 is 1.10 bits per heavy atom. The first-order valence-electron chi connectivity index (χ1n) is 9.71. The Kier molecular flexibility index (Phi) is 4.28. The van der Waals surface area contributed by atoms with Gasteiger partial charge in [-0.3, -0.25) is 0 Å². The maximum absolute atomic E-state index is 10.3. The zero-order valence-electron chi connectivity index (χ0n) is 16.1. The average Bonchev–Trinajstić information content (AvgIpc) is 2.77. The Morgan fingerprint density at radius 3 is 2.79 bits per heavy atom. The first-order valence-corrected chi connectivity index (χ1v) is 9.71. The molecule has 1 atom stereocenters. The van der Waals surface area contributed by atoms with Gasteiger partial charge in [0.25, 0.3) is 0 Å². The van der Waals surface area contributed by atoms with Crippen LogP contribution in [0.25, 0.3) is 16.8 Å². The Hall–Kier alpha value is -3.60. The fraction of sp³-hybridized carbons (Fsp3) is 0.167. The van der Waals surface area contributed by atoms with Crippen LogP contribution in [0.4, 0.5) is 0 Å². The number of aromatic hydroxyl groups is 1. The van der Waals surface area contributed by atoms with Gasteiger partial charge in [-0.25, -0.2) is 4.99 Å². The maximum Gasteiger partial charge on any atom is 0.315 e. The Morgan fingerprint density at radius 2 is 1.93 bits per heavy atom. The number of allylic oxidation sites excluding steroid dienone is 1. The third kappa shape index (κ3) is 3.05. The maximum atomic E-state index is 10.3. The lowest BCUT2D eigenvalue weighted by molar-refractivity contribution is 0.386. The van der Waals surface area contributed by atoms with Crippen molar-refractivity contribution in [3.05, 3.63) is 82.9 Å². The third-order valence-corrected chi connectivity index (χ3v) is 5.42. The highest BCUT2D eigenvalue weighted by Gasteiger charge is 2.26. The fourth-order valence-electron chi connectivity index (χ4n) is 4.07. The van der Waals surface area contributed by atoms with Gasteiger partial charge in [0.2, 0.25) is 0 Å². The van der Waals surface area contributed by atoms with Crippen LogP contribution in [0.5, 0.6) is 5.75 Å². The summed E-state index contributed by atoms with van der Waals surface area (Å²) in [4.78, 5) is 9.17. The number of phenols is 1. The summed E-state index contributed by atoms with van der Waals surface area (Å²) in [7, 11) is 1.56. The van der Waals surface area contributed by atoms with E-state index in [-0.39, 0.29) is 17.9 Å². The van der Waals surface area contributed by atoms with Gasteiger partial charge in [-0.2, -0.15) is 4.99 Å². The topological polar surface area (TPSA) is 66.2 Å². The number of aliphatic imine (C=N–C) groups is 2. The minimum atomic E-state index is -0.375. The lowest BCUT2D eigenvalue weighted by atomic mass is 9.87. The number of nitrogens with one attached hydrogen (secondary N) is 1. The summed E-state index contributed by atoms with van der Waals surface area (Å²) < 4.78 is 5.41. The highest BCUT2D eigenvalue weighted by Crippen LogP contribution is 2.36. The summed E-state index contributed by atoms with van der Waals surface area (Å²) in [6.07, 6.45) is 6.08. The number of ether oxygens (including phenoxy) is 1. The number of rotatable bonds is 2. The van der Waals surface area contributed by atoms with Crippen molar-refractivity contribution < 1.29 is 9.84 Å². The van der Waals surface area contributed by atoms with E-state index in [0.29, 0.717) is 11.4 Å². The number of hydrogen-bond donors (Lipinski definition) is 2. The molecule has 5 nitrogen and oxygen atoms in total. The van der Waals surface area contributed by atoms with Crippen LogP contribution in [0.15, 0.2) is 70.7 Å². The number of hydrogen-bond acceptors (Lipinski definition) is 5. The normalized spacial score (nSPS) is 17.9. The first kappa shape index (κ1) is 17.5. The first-order chi connectivity index (χ1) is 14.2. The van der Waals surface area contributed by atoms with Gasteiger partial charge in [-0.05, 0) is 46.9 Å². The molecule has 144 valence electrons. The van der Waals surface area contributed by atoms with Crippen molar-refractivity contribution in [3.63, 3.8) is 0 Å². The van der Waals surface area contributed by atoms with E-state index in [1.165, 1.54) is 16.5 Å². The number of aryl methyl sites for hydroxylation is 1. The largest absolute Gasteiger partial charge is 0.507 e. The standard InChI is InChI=1S/C24H21N3O2/c1-29-24-26-22(19-12-6-7-13-20(19)28)25-23(27-24)21-17-10-4-2-8-15(17)14-16-9-3-5-11-18(16)21/h2,4-8,10-14,23,28H,3,9H2,1H3,(H,25,26,27). The molecule has 0 spiro atoms. The lowest BCUT2D eigenvalue weighted by Gasteiger charge is -2.27. The van der Waals surface area contributed by atoms with Crippen molar-refractivity contribution in [2.45, 2.75) is 19.0 Å². The van der Waals surface area contributed by atoms with Crippen LogP contribution in [0.1, 0.15) is 34.8 Å². The molecule has 2 N–H and O–H groups in total. The Bertz CT molecular complexity index is 1190. The Balaban J connectivity index is 1.70. The van der Waals surface area contributed by atoms with Crippen LogP contribution in [0.2, 0.25) is 0 Å². The van der Waals surface area contributed by atoms with Crippen LogP contribution in [-0.2, 0) is 11.2 Å². The van der Waals surface area contributed by atoms with E-state index >= 15 is 0 Å². The predicted octanol–water partition coefficient (Wildman–Crippen LogP) is 4.56. The van der Waals surface area contributed by atoms with E-state index in [1.807, 2.05) is 18.2 Å². The van der Waals surface area contributed by atoms with E-state index in [9.17, 15) is 5.11 Å². The molecule has 5 heteroatoms. The van der Waals surface area contributed by atoms with Gasteiger partial charge in [0.15, 0.2) is 6.17 Å². The summed E-state index contributed by atoms with van der Waals surface area (Å²) in [6, 6.07) is 18.1. The van der Waals surface area contributed by atoms with Crippen LogP contribution in [0, 0.1) is 0 Å². The smallest absolute Gasteiger partial charge is 0.315 e. The van der Waals surface area contributed by atoms with Gasteiger partial charge in [-0.1, -0.05) is 54.6 Å². The minimum Gasteiger partial charge on any atom is -0.507 e. The molecule has 0 bridgehead atoms. The molecule has 0 saturated heterocycles. The molecule has 1 unspecified atom stereocenters. The molecule has 1 aliphatic carbocycles. The molecule has 3 aromatic carbocycles. The zero-order valence-corrected chi connectivity index (χ0v) is 16.1. The molecule has 2 aliphatic rings. The number of nitrogens with zero attached hydrogens (tertiary/aromatic N) is 2. The summed E-state index contributed by atoms with van der Waals surface area (Å²) >= 11 is 0. The number of fused-ring (bicyclic) bond motifs is 2. The highest BCUT2D eigenvalue weighted by molar-refractivity contribution is 6.08. The minimum absolute atomic E-state index is 0.162. The number of phenolic OH excluding ortho intramolecular Hbond substituents is 1. The molecule has 0 saturated carbocycles. The molecule has 1 heterocycles. The number of benzene rings is 3. The highest BCUT2D eigenvalue weighted by atomic mass is 16.5. The molecule has 0 radical (unpaired) electrons. The van der Waals surface area contributed by atoms with E-state index < -0.39 is 0 Å². The van der Waals surface area contributed by atoms with Crippen molar-refractivity contribution in [3.8, 4) is 5.75 Å². The Labute approximate surface area is 169 Å². The molecule has 1 aliphatic heterocycles. The number of methoxy groups -OCH3 is 1. The zero-order chi connectivity index (χ0) is 19.8. The van der Waals surface area contributed by atoms with Gasteiger partial charge in [0, 0.05) is 5.56 Å². The van der Waals surface area contributed by atoms with Crippen molar-refractivity contribution >= 4 is 28.7 Å². The van der Waals surface area contributed by atoms with Crippen molar-refractivity contribution in [1.82, 2.24) is 5.32 Å². The molecule has 0 amide bonds. The van der Waals surface area contributed by atoms with Crippen molar-refractivity contribution in [2.75, 3.05) is 7.11 Å². The quantitative estimate of drug-likeness (QED) is 0.682. The van der Waals surface area contributed by atoms with Crippen LogP contribution >= 0.6 is 0 Å². The summed E-state index contributed by atoms with van der Waals surface area (Å²) in [6.45, 7) is 0. The van der Waals surface area contributed by atoms with Gasteiger partial charge in [0.05, 0.1) is 12.7 Å². The van der Waals surface area contributed by atoms with Crippen molar-refractivity contribution in [2.24, 2.45) is 9.98 Å². The van der Waals surface area contributed by atoms with Crippen LogP contribution in [-0.4, -0.2) is 24.1 Å². The molecule has 3 aromatic rings.